The van der Waals surface area contributed by atoms with Gasteiger partial charge < -0.3 is 15.0 Å². The van der Waals surface area contributed by atoms with Crippen molar-refractivity contribution in [3.8, 4) is 0 Å². The van der Waals surface area contributed by atoms with Gasteiger partial charge in [0.05, 0.1) is 18.9 Å². The fourth-order valence-corrected chi connectivity index (χ4v) is 2.52. The van der Waals surface area contributed by atoms with Gasteiger partial charge in [0.2, 0.25) is 17.2 Å². The summed E-state index contributed by atoms with van der Waals surface area (Å²) in [6, 6.07) is 7.73. The Morgan fingerprint density at radius 2 is 1.90 bits per heavy atom. The molecular weight excluding hydrogens is 358 g/mol. The van der Waals surface area contributed by atoms with Gasteiger partial charge in [-0.2, -0.15) is 15.0 Å². The van der Waals surface area contributed by atoms with Crippen LogP contribution < -0.4 is 10.2 Å². The molecule has 1 fully saturated rings. The van der Waals surface area contributed by atoms with E-state index < -0.39 is 0 Å². The van der Waals surface area contributed by atoms with Gasteiger partial charge in [-0.15, -0.1) is 0 Å². The van der Waals surface area contributed by atoms with Gasteiger partial charge in [-0.25, -0.2) is 0 Å². The first-order valence-electron chi connectivity index (χ1n) is 6.48. The van der Waals surface area contributed by atoms with Crippen molar-refractivity contribution in [1.82, 2.24) is 15.0 Å². The van der Waals surface area contributed by atoms with Gasteiger partial charge in [0.1, 0.15) is 0 Å². The summed E-state index contributed by atoms with van der Waals surface area (Å²) in [6.07, 6.45) is 0. The second-order valence-electron chi connectivity index (χ2n) is 4.43. The van der Waals surface area contributed by atoms with E-state index in [4.69, 9.17) is 16.3 Å². The molecule has 1 aromatic heterocycles. The summed E-state index contributed by atoms with van der Waals surface area (Å²) in [7, 11) is 0. The number of hydrogen-bond donors (Lipinski definition) is 1. The smallest absolute Gasteiger partial charge is 0.233 e. The first-order chi connectivity index (χ1) is 10.2. The maximum Gasteiger partial charge on any atom is 0.233 e. The molecule has 0 unspecified atom stereocenters. The van der Waals surface area contributed by atoms with Crippen molar-refractivity contribution < 1.29 is 4.74 Å². The maximum atomic E-state index is 6.00. The minimum Gasteiger partial charge on any atom is -0.378 e. The summed E-state index contributed by atoms with van der Waals surface area (Å²) in [5.74, 6) is 0.983. The van der Waals surface area contributed by atoms with Crippen LogP contribution in [0.5, 0.6) is 0 Å². The Hall–Kier alpha value is -1.44. The van der Waals surface area contributed by atoms with E-state index in [0.717, 1.165) is 23.2 Å². The van der Waals surface area contributed by atoms with Crippen molar-refractivity contribution in [2.45, 2.75) is 0 Å². The molecule has 0 spiro atoms. The number of aromatic nitrogens is 3. The lowest BCUT2D eigenvalue weighted by atomic mass is 10.3. The number of ether oxygens (including phenoxy) is 1. The Balaban J connectivity index is 1.85. The summed E-state index contributed by atoms with van der Waals surface area (Å²) in [5, 5.41) is 3.31. The molecule has 1 aliphatic heterocycles. The van der Waals surface area contributed by atoms with Crippen LogP contribution in [0.25, 0.3) is 0 Å². The van der Waals surface area contributed by atoms with E-state index in [1.54, 1.807) is 0 Å². The molecule has 1 aromatic carbocycles. The van der Waals surface area contributed by atoms with Gasteiger partial charge in [-0.05, 0) is 39.7 Å². The molecule has 1 N–H and O–H groups in total. The van der Waals surface area contributed by atoms with E-state index in [-0.39, 0.29) is 5.28 Å². The van der Waals surface area contributed by atoms with Crippen LogP contribution in [0.15, 0.2) is 28.7 Å². The summed E-state index contributed by atoms with van der Waals surface area (Å²) in [5.41, 5.74) is 0.868. The summed E-state index contributed by atoms with van der Waals surface area (Å²) < 4.78 is 6.25. The molecule has 8 heteroatoms. The first kappa shape index (κ1) is 14.5. The second-order valence-corrected chi connectivity index (χ2v) is 5.62. The molecule has 1 saturated heterocycles. The van der Waals surface area contributed by atoms with E-state index in [1.807, 2.05) is 29.2 Å². The first-order valence-corrected chi connectivity index (χ1v) is 7.65. The molecule has 2 heterocycles. The van der Waals surface area contributed by atoms with Crippen molar-refractivity contribution in [3.63, 3.8) is 0 Å². The third kappa shape index (κ3) is 3.61. The number of nitrogens with one attached hydrogen (secondary N) is 1. The number of halogens is 2. The molecule has 0 bridgehead atoms. The number of anilines is 3. The summed E-state index contributed by atoms with van der Waals surface area (Å²) in [4.78, 5) is 14.8. The Kier molecular flexibility index (Phi) is 4.52. The zero-order valence-corrected chi connectivity index (χ0v) is 13.4. The van der Waals surface area contributed by atoms with Crippen LogP contribution in [0.4, 0.5) is 17.6 Å². The Labute approximate surface area is 135 Å². The molecule has 0 radical (unpaired) electrons. The van der Waals surface area contributed by atoms with Crippen LogP contribution in [0.1, 0.15) is 0 Å². The fourth-order valence-electron chi connectivity index (χ4n) is 1.98. The molecular formula is C13H13BrClN5O. The topological polar surface area (TPSA) is 63.2 Å². The predicted molar refractivity (Wildman–Crippen MR) is 85.3 cm³/mol. The minimum absolute atomic E-state index is 0.168. The van der Waals surface area contributed by atoms with Crippen LogP contribution >= 0.6 is 27.5 Å². The maximum absolute atomic E-state index is 6.00. The third-order valence-corrected chi connectivity index (χ3v) is 3.87. The fraction of sp³-hybridized carbons (Fsp3) is 0.308. The quantitative estimate of drug-likeness (QED) is 0.896. The highest BCUT2D eigenvalue weighted by Crippen LogP contribution is 2.25. The van der Waals surface area contributed by atoms with Gasteiger partial charge >= 0.3 is 0 Å². The van der Waals surface area contributed by atoms with Gasteiger partial charge in [0, 0.05) is 17.6 Å². The highest BCUT2D eigenvalue weighted by molar-refractivity contribution is 9.10. The number of para-hydroxylation sites is 1. The number of benzene rings is 1. The standard InChI is InChI=1S/C13H13BrClN5O/c14-9-3-1-2-4-10(9)16-12-17-11(15)18-13(19-12)20-5-7-21-8-6-20/h1-4H,5-8H2,(H,16,17,18,19). The average molecular weight is 371 g/mol. The lowest BCUT2D eigenvalue weighted by Gasteiger charge is -2.26. The molecule has 0 aliphatic carbocycles. The van der Waals surface area contributed by atoms with Crippen molar-refractivity contribution in [2.75, 3.05) is 36.5 Å². The van der Waals surface area contributed by atoms with Crippen LogP contribution in [0.2, 0.25) is 5.28 Å². The largest absolute Gasteiger partial charge is 0.378 e. The zero-order chi connectivity index (χ0) is 14.7. The van der Waals surface area contributed by atoms with Crippen LogP contribution in [0.3, 0.4) is 0 Å². The molecule has 3 rings (SSSR count). The molecule has 0 atom stereocenters. The minimum atomic E-state index is 0.168. The monoisotopic (exact) mass is 369 g/mol. The predicted octanol–water partition coefficient (Wildman–Crippen LogP) is 2.87. The Morgan fingerprint density at radius 1 is 1.14 bits per heavy atom. The SMILES string of the molecule is Clc1nc(Nc2ccccc2Br)nc(N2CCOCC2)n1. The molecule has 0 amide bonds. The number of nitrogens with zero attached hydrogens (tertiary/aromatic N) is 4. The van der Waals surface area contributed by atoms with Crippen molar-refractivity contribution in [2.24, 2.45) is 0 Å². The van der Waals surface area contributed by atoms with Crippen LogP contribution in [-0.2, 0) is 4.74 Å². The molecule has 6 nitrogen and oxygen atoms in total. The normalized spacial score (nSPS) is 15.0. The van der Waals surface area contributed by atoms with E-state index >= 15 is 0 Å². The third-order valence-electron chi connectivity index (χ3n) is 3.01. The van der Waals surface area contributed by atoms with Crippen molar-refractivity contribution in [3.05, 3.63) is 34.0 Å². The molecule has 21 heavy (non-hydrogen) atoms. The lowest BCUT2D eigenvalue weighted by molar-refractivity contribution is 0.122. The van der Waals surface area contributed by atoms with E-state index in [0.29, 0.717) is 25.1 Å². The van der Waals surface area contributed by atoms with Crippen molar-refractivity contribution in [1.29, 1.82) is 0 Å². The molecule has 1 aliphatic rings. The highest BCUT2D eigenvalue weighted by atomic mass is 79.9. The second kappa shape index (κ2) is 6.55. The zero-order valence-electron chi connectivity index (χ0n) is 11.1. The molecule has 110 valence electrons. The summed E-state index contributed by atoms with van der Waals surface area (Å²) >= 11 is 9.48. The number of rotatable bonds is 3. The molecule has 0 saturated carbocycles. The summed E-state index contributed by atoms with van der Waals surface area (Å²) in [6.45, 7) is 2.82. The number of morpholine rings is 1. The van der Waals surface area contributed by atoms with Gasteiger partial charge in [-0.1, -0.05) is 12.1 Å². The Bertz CT molecular complexity index is 636. The van der Waals surface area contributed by atoms with Crippen molar-refractivity contribution >= 4 is 45.1 Å². The average Bonchev–Trinajstić information content (AvgIpc) is 2.50. The van der Waals surface area contributed by atoms with Gasteiger partial charge in [-0.3, -0.25) is 0 Å². The van der Waals surface area contributed by atoms with E-state index in [1.165, 1.54) is 0 Å². The lowest BCUT2D eigenvalue weighted by Crippen LogP contribution is -2.37. The van der Waals surface area contributed by atoms with Gasteiger partial charge in [0.25, 0.3) is 0 Å². The number of hydrogen-bond acceptors (Lipinski definition) is 6. The van der Waals surface area contributed by atoms with Crippen LogP contribution in [0, 0.1) is 0 Å². The Morgan fingerprint density at radius 3 is 2.67 bits per heavy atom. The highest BCUT2D eigenvalue weighted by Gasteiger charge is 2.16. The van der Waals surface area contributed by atoms with Crippen LogP contribution in [-0.4, -0.2) is 41.3 Å². The van der Waals surface area contributed by atoms with Gasteiger partial charge in [0.15, 0.2) is 0 Å². The van der Waals surface area contributed by atoms with E-state index in [9.17, 15) is 0 Å². The molecule has 2 aromatic rings. The van der Waals surface area contributed by atoms with E-state index in [2.05, 4.69) is 36.2 Å².